The Balaban J connectivity index is 3.08. The summed E-state index contributed by atoms with van der Waals surface area (Å²) in [5, 5.41) is 22.5. The number of nitrogens with one attached hydrogen (secondary N) is 1. The minimum absolute atomic E-state index is 0.0174. The number of carbonyl (C=O) groups is 1. The molecule has 6 nitrogen and oxygen atoms in total. The molecule has 0 unspecified atom stereocenters. The van der Waals surface area contributed by atoms with Crippen molar-refractivity contribution in [3.8, 4) is 0 Å². The molecule has 19 heavy (non-hydrogen) atoms. The van der Waals surface area contributed by atoms with Gasteiger partial charge < -0.3 is 10.4 Å². The van der Waals surface area contributed by atoms with E-state index in [9.17, 15) is 14.9 Å². The van der Waals surface area contributed by atoms with Gasteiger partial charge in [-0.15, -0.1) is 11.8 Å². The Labute approximate surface area is 115 Å². The molecule has 7 heteroatoms. The lowest BCUT2D eigenvalue weighted by molar-refractivity contribution is -0.385. The summed E-state index contributed by atoms with van der Waals surface area (Å²) in [5.41, 5.74) is -0.216. The second kappa shape index (κ2) is 7.10. The first-order chi connectivity index (χ1) is 9.03. The summed E-state index contributed by atoms with van der Waals surface area (Å²) < 4.78 is 0. The summed E-state index contributed by atoms with van der Waals surface area (Å²) in [6.45, 7) is 1.62. The van der Waals surface area contributed by atoms with E-state index in [0.717, 1.165) is 4.90 Å². The molecule has 1 aromatic carbocycles. The number of aliphatic hydroxyl groups is 1. The van der Waals surface area contributed by atoms with Gasteiger partial charge >= 0.3 is 0 Å². The maximum Gasteiger partial charge on any atom is 0.282 e. The van der Waals surface area contributed by atoms with Crippen molar-refractivity contribution in [2.24, 2.45) is 0 Å². The standard InChI is InChI=1S/C12H16N2O4S/c1-3-8(7-15)13-12(16)10-6-9(19-2)4-5-11(10)14(17)18/h4-6,8,15H,3,7H2,1-2H3,(H,13,16)/t8-/m0/s1. The monoisotopic (exact) mass is 284 g/mol. The summed E-state index contributed by atoms with van der Waals surface area (Å²) in [4.78, 5) is 23.1. The lowest BCUT2D eigenvalue weighted by atomic mass is 10.1. The van der Waals surface area contributed by atoms with Crippen LogP contribution >= 0.6 is 11.8 Å². The maximum absolute atomic E-state index is 12.0. The molecule has 0 bridgehead atoms. The van der Waals surface area contributed by atoms with E-state index in [2.05, 4.69) is 5.32 Å². The highest BCUT2D eigenvalue weighted by Crippen LogP contribution is 2.24. The summed E-state index contributed by atoms with van der Waals surface area (Å²) in [7, 11) is 0. The van der Waals surface area contributed by atoms with Crippen molar-refractivity contribution >= 4 is 23.4 Å². The molecule has 0 fully saturated rings. The highest BCUT2D eigenvalue weighted by molar-refractivity contribution is 7.98. The number of rotatable bonds is 6. The van der Waals surface area contributed by atoms with E-state index in [1.165, 1.54) is 23.9 Å². The van der Waals surface area contributed by atoms with Gasteiger partial charge in [0.15, 0.2) is 0 Å². The van der Waals surface area contributed by atoms with E-state index in [-0.39, 0.29) is 17.9 Å². The Morgan fingerprint density at radius 1 is 1.58 bits per heavy atom. The zero-order valence-corrected chi connectivity index (χ0v) is 11.6. The fourth-order valence-electron chi connectivity index (χ4n) is 1.52. The van der Waals surface area contributed by atoms with Crippen molar-refractivity contribution < 1.29 is 14.8 Å². The van der Waals surface area contributed by atoms with Crippen LogP contribution in [0.15, 0.2) is 23.1 Å². The molecule has 1 aromatic rings. The quantitative estimate of drug-likeness (QED) is 0.472. The largest absolute Gasteiger partial charge is 0.394 e. The van der Waals surface area contributed by atoms with Gasteiger partial charge in [-0.3, -0.25) is 14.9 Å². The third-order valence-corrected chi connectivity index (χ3v) is 3.42. The highest BCUT2D eigenvalue weighted by Gasteiger charge is 2.22. The number of amides is 1. The molecule has 0 aliphatic carbocycles. The van der Waals surface area contributed by atoms with Crippen LogP contribution in [0.5, 0.6) is 0 Å². The van der Waals surface area contributed by atoms with E-state index < -0.39 is 16.9 Å². The zero-order valence-electron chi connectivity index (χ0n) is 10.8. The van der Waals surface area contributed by atoms with Gasteiger partial charge in [0.1, 0.15) is 5.56 Å². The first-order valence-electron chi connectivity index (χ1n) is 5.77. The van der Waals surface area contributed by atoms with Gasteiger partial charge in [0, 0.05) is 11.0 Å². The number of thioether (sulfide) groups is 1. The van der Waals surface area contributed by atoms with Crippen LogP contribution in [-0.4, -0.2) is 34.8 Å². The minimum atomic E-state index is -0.584. The molecule has 0 aliphatic heterocycles. The number of aliphatic hydroxyl groups excluding tert-OH is 1. The average Bonchev–Trinajstić information content (AvgIpc) is 2.43. The summed E-state index contributed by atoms with van der Waals surface area (Å²) in [6.07, 6.45) is 2.38. The van der Waals surface area contributed by atoms with Crippen LogP contribution in [0.4, 0.5) is 5.69 Å². The first-order valence-corrected chi connectivity index (χ1v) is 7.00. The molecular formula is C12H16N2O4S. The second-order valence-electron chi connectivity index (χ2n) is 3.90. The van der Waals surface area contributed by atoms with Gasteiger partial charge in [-0.1, -0.05) is 6.92 Å². The Morgan fingerprint density at radius 3 is 2.74 bits per heavy atom. The number of nitro benzene ring substituents is 1. The average molecular weight is 284 g/mol. The van der Waals surface area contributed by atoms with E-state index in [4.69, 9.17) is 5.11 Å². The van der Waals surface area contributed by atoms with Crippen molar-refractivity contribution in [3.05, 3.63) is 33.9 Å². The van der Waals surface area contributed by atoms with Crippen molar-refractivity contribution in [1.29, 1.82) is 0 Å². The predicted octanol–water partition coefficient (Wildman–Crippen LogP) is 1.82. The third kappa shape index (κ3) is 3.93. The Morgan fingerprint density at radius 2 is 2.26 bits per heavy atom. The SMILES string of the molecule is CC[C@@H](CO)NC(=O)c1cc(SC)ccc1[N+](=O)[O-]. The van der Waals surface area contributed by atoms with E-state index in [0.29, 0.717) is 6.42 Å². The van der Waals surface area contributed by atoms with E-state index in [1.807, 2.05) is 13.2 Å². The topological polar surface area (TPSA) is 92.5 Å². The van der Waals surface area contributed by atoms with Crippen molar-refractivity contribution in [1.82, 2.24) is 5.32 Å². The summed E-state index contributed by atoms with van der Waals surface area (Å²) >= 11 is 1.40. The number of benzene rings is 1. The normalized spacial score (nSPS) is 11.9. The molecule has 104 valence electrons. The van der Waals surface area contributed by atoms with Crippen molar-refractivity contribution in [2.45, 2.75) is 24.3 Å². The highest BCUT2D eigenvalue weighted by atomic mass is 32.2. The van der Waals surface area contributed by atoms with Crippen LogP contribution in [0.2, 0.25) is 0 Å². The molecular weight excluding hydrogens is 268 g/mol. The van der Waals surface area contributed by atoms with Crippen LogP contribution in [0.3, 0.4) is 0 Å². The van der Waals surface area contributed by atoms with Gasteiger partial charge in [0.25, 0.3) is 11.6 Å². The molecule has 0 aromatic heterocycles. The maximum atomic E-state index is 12.0. The number of hydrogen-bond acceptors (Lipinski definition) is 5. The number of nitro groups is 1. The molecule has 0 aliphatic rings. The molecule has 1 rings (SSSR count). The minimum Gasteiger partial charge on any atom is -0.394 e. The number of nitrogens with zero attached hydrogens (tertiary/aromatic N) is 1. The molecule has 2 N–H and O–H groups in total. The van der Waals surface area contributed by atoms with Gasteiger partial charge in [0.05, 0.1) is 17.6 Å². The molecule has 0 spiro atoms. The Bertz CT molecular complexity index is 475. The van der Waals surface area contributed by atoms with Crippen LogP contribution in [0.1, 0.15) is 23.7 Å². The van der Waals surface area contributed by atoms with Gasteiger partial charge in [-0.05, 0) is 24.8 Å². The molecule has 1 atom stereocenters. The van der Waals surface area contributed by atoms with Crippen molar-refractivity contribution in [3.63, 3.8) is 0 Å². The van der Waals surface area contributed by atoms with Crippen LogP contribution in [0.25, 0.3) is 0 Å². The van der Waals surface area contributed by atoms with Gasteiger partial charge in [-0.2, -0.15) is 0 Å². The van der Waals surface area contributed by atoms with Crippen LogP contribution in [0, 0.1) is 10.1 Å². The fourth-order valence-corrected chi connectivity index (χ4v) is 1.96. The predicted molar refractivity (Wildman–Crippen MR) is 73.5 cm³/mol. The lowest BCUT2D eigenvalue weighted by Crippen LogP contribution is -2.37. The van der Waals surface area contributed by atoms with Crippen molar-refractivity contribution in [2.75, 3.05) is 12.9 Å². The van der Waals surface area contributed by atoms with Gasteiger partial charge in [-0.25, -0.2) is 0 Å². The van der Waals surface area contributed by atoms with E-state index >= 15 is 0 Å². The second-order valence-corrected chi connectivity index (χ2v) is 4.78. The number of carbonyl (C=O) groups excluding carboxylic acids is 1. The zero-order chi connectivity index (χ0) is 14.4. The fraction of sp³-hybridized carbons (Fsp3) is 0.417. The lowest BCUT2D eigenvalue weighted by Gasteiger charge is -2.14. The molecule has 0 saturated heterocycles. The summed E-state index contributed by atoms with van der Waals surface area (Å²) in [6, 6.07) is 4.01. The molecule has 0 radical (unpaired) electrons. The summed E-state index contributed by atoms with van der Waals surface area (Å²) in [5.74, 6) is -0.538. The van der Waals surface area contributed by atoms with Gasteiger partial charge in [0.2, 0.25) is 0 Å². The Hall–Kier alpha value is -1.60. The smallest absolute Gasteiger partial charge is 0.282 e. The molecule has 0 saturated carbocycles. The number of hydrogen-bond donors (Lipinski definition) is 2. The molecule has 0 heterocycles. The molecule has 1 amide bonds. The first kappa shape index (κ1) is 15.5. The van der Waals surface area contributed by atoms with Crippen LogP contribution < -0.4 is 5.32 Å². The van der Waals surface area contributed by atoms with Crippen LogP contribution in [-0.2, 0) is 0 Å². The third-order valence-electron chi connectivity index (χ3n) is 2.69. The van der Waals surface area contributed by atoms with E-state index in [1.54, 1.807) is 6.07 Å². The Kier molecular flexibility index (Phi) is 5.78.